The number of hydrogen-bond acceptors (Lipinski definition) is 14. The van der Waals surface area contributed by atoms with E-state index in [0.717, 1.165) is 0 Å². The predicted octanol–water partition coefficient (Wildman–Crippen LogP) is -0.795. The Bertz CT molecular complexity index is 841. The molecule has 0 aliphatic heterocycles. The van der Waals surface area contributed by atoms with E-state index in [1.807, 2.05) is 0 Å². The molecule has 18 nitrogen and oxygen atoms in total. The maximum atomic E-state index is 11.9. The van der Waals surface area contributed by atoms with Crippen LogP contribution in [0.15, 0.2) is 0 Å². The molecule has 0 aromatic heterocycles. The molecule has 0 aromatic rings. The molecule has 51 heavy (non-hydrogen) atoms. The van der Waals surface area contributed by atoms with Crippen molar-refractivity contribution in [2.24, 2.45) is 0 Å². The molecule has 0 atom stereocenters. The molecule has 0 saturated carbocycles. The predicted molar refractivity (Wildman–Crippen MR) is 187 cm³/mol. The summed E-state index contributed by atoms with van der Waals surface area (Å²) in [4.78, 5) is 68.7. The molecular weight excluding hydrogens is 676 g/mol. The van der Waals surface area contributed by atoms with E-state index >= 15 is 0 Å². The molecule has 4 N–H and O–H groups in total. The molecule has 0 heterocycles. The van der Waals surface area contributed by atoms with Crippen LogP contribution in [0.2, 0.25) is 0 Å². The van der Waals surface area contributed by atoms with Crippen molar-refractivity contribution in [3.63, 3.8) is 0 Å². The second-order valence-electron chi connectivity index (χ2n) is 10.3. The fraction of sp³-hybridized carbons (Fsp3) is 0.818. The average Bonchev–Trinajstić information content (AvgIpc) is 3.05. The van der Waals surface area contributed by atoms with Crippen molar-refractivity contribution in [2.45, 2.75) is 48.0 Å². The summed E-state index contributed by atoms with van der Waals surface area (Å²) < 4.78 is 41.8. The number of amides is 4. The first-order valence-electron chi connectivity index (χ1n) is 16.4. The third-order valence-electron chi connectivity index (χ3n) is 5.65. The minimum atomic E-state index is -0.280. The Kier molecular flexibility index (Phi) is 40.7. The Morgan fingerprint density at radius 2 is 0.608 bits per heavy atom. The van der Waals surface area contributed by atoms with Crippen LogP contribution >= 0.6 is 0 Å². The van der Waals surface area contributed by atoms with Crippen LogP contribution in [-0.2, 0) is 66.7 Å². The van der Waals surface area contributed by atoms with Gasteiger partial charge in [0.2, 0.25) is 23.6 Å². The summed E-state index contributed by atoms with van der Waals surface area (Å²) in [5.41, 5.74) is 0. The summed E-state index contributed by atoms with van der Waals surface area (Å²) in [6.07, 6.45) is 0.806. The molecular formula is C33H64N4O14. The fourth-order valence-corrected chi connectivity index (χ4v) is 3.38. The van der Waals surface area contributed by atoms with Gasteiger partial charge in [0.25, 0.3) is 0 Å². The lowest BCUT2D eigenvalue weighted by atomic mass is 10.2. The van der Waals surface area contributed by atoms with E-state index in [4.69, 9.17) is 37.9 Å². The summed E-state index contributed by atoms with van der Waals surface area (Å²) in [5, 5.41) is 10.7. The van der Waals surface area contributed by atoms with Crippen molar-refractivity contribution < 1.29 is 66.7 Å². The molecule has 0 rings (SSSR count). The molecule has 0 fully saturated rings. The van der Waals surface area contributed by atoms with Gasteiger partial charge in [-0.05, 0) is 20.3 Å². The van der Waals surface area contributed by atoms with Gasteiger partial charge in [-0.1, -0.05) is 14.9 Å². The molecule has 0 aliphatic rings. The number of ketones is 2. The zero-order valence-electron chi connectivity index (χ0n) is 29.0. The van der Waals surface area contributed by atoms with Crippen LogP contribution in [-0.4, -0.2) is 167 Å². The van der Waals surface area contributed by atoms with Crippen LogP contribution in [0.25, 0.3) is 0 Å². The summed E-state index contributed by atoms with van der Waals surface area (Å²) >= 11 is 0. The number of carbonyl (C=O) groups excluding carboxylic acids is 6. The van der Waals surface area contributed by atoms with Crippen molar-refractivity contribution >= 4 is 35.2 Å². The zero-order valence-corrected chi connectivity index (χ0v) is 29.0. The van der Waals surface area contributed by atoms with Crippen LogP contribution in [0.4, 0.5) is 0 Å². The second-order valence-corrected chi connectivity index (χ2v) is 10.3. The molecule has 4 amide bonds. The molecule has 18 heteroatoms. The Labute approximate surface area is 303 Å². The van der Waals surface area contributed by atoms with Gasteiger partial charge in [-0.2, -0.15) is 0 Å². The normalized spacial score (nSPS) is 10.4. The first-order valence-corrected chi connectivity index (χ1v) is 16.4. The summed E-state index contributed by atoms with van der Waals surface area (Å²) in [6, 6.07) is 0. The Morgan fingerprint density at radius 1 is 0.353 bits per heavy atom. The zero-order chi connectivity index (χ0) is 36.2. The molecule has 0 radical (unpaired) electrons. The highest BCUT2D eigenvalue weighted by molar-refractivity contribution is 5.79. The maximum Gasteiger partial charge on any atom is 0.246 e. The summed E-state index contributed by atoms with van der Waals surface area (Å²) in [5.74, 6) is -1.03. The topological polar surface area (TPSA) is 224 Å². The first kappa shape index (κ1) is 52.3. The molecule has 300 valence electrons. The molecule has 0 unspecified atom stereocenters. The molecule has 0 saturated heterocycles. The highest BCUT2D eigenvalue weighted by Crippen LogP contribution is 1.95. The SMILES string of the molecule is C.C.CC(=O)COCCOCCNC(=O)COCCOCCNC(=O)CCCC(=O)NCCOCCOCC(=O)NCCOCCOCC(C)=O. The number of rotatable bonds is 36. The van der Waals surface area contributed by atoms with Gasteiger partial charge in [-0.25, -0.2) is 0 Å². The van der Waals surface area contributed by atoms with Crippen molar-refractivity contribution in [2.75, 3.05) is 132 Å². The van der Waals surface area contributed by atoms with Crippen LogP contribution in [0, 0.1) is 0 Å². The monoisotopic (exact) mass is 740 g/mol. The van der Waals surface area contributed by atoms with E-state index in [0.29, 0.717) is 72.2 Å². The van der Waals surface area contributed by atoms with E-state index in [2.05, 4.69) is 21.3 Å². The van der Waals surface area contributed by atoms with Crippen molar-refractivity contribution in [3.05, 3.63) is 0 Å². The third-order valence-corrected chi connectivity index (χ3v) is 5.65. The van der Waals surface area contributed by atoms with E-state index < -0.39 is 0 Å². The highest BCUT2D eigenvalue weighted by Gasteiger charge is 2.06. The quantitative estimate of drug-likeness (QED) is 0.0578. The van der Waals surface area contributed by atoms with E-state index in [9.17, 15) is 28.8 Å². The number of carbonyl (C=O) groups is 6. The van der Waals surface area contributed by atoms with Crippen LogP contribution < -0.4 is 21.3 Å². The summed E-state index contributed by atoms with van der Waals surface area (Å²) in [6.45, 7) is 7.53. The number of hydrogen-bond donors (Lipinski definition) is 4. The van der Waals surface area contributed by atoms with Crippen LogP contribution in [0.3, 0.4) is 0 Å². The van der Waals surface area contributed by atoms with Gasteiger partial charge < -0.3 is 59.2 Å². The summed E-state index contributed by atoms with van der Waals surface area (Å²) in [7, 11) is 0. The lowest BCUT2D eigenvalue weighted by Gasteiger charge is -2.09. The van der Waals surface area contributed by atoms with Gasteiger partial charge in [0.05, 0.1) is 79.3 Å². The molecule has 0 spiro atoms. The van der Waals surface area contributed by atoms with E-state index in [-0.39, 0.29) is 129 Å². The second kappa shape index (κ2) is 39.7. The third kappa shape index (κ3) is 43.0. The average molecular weight is 741 g/mol. The Hall–Kier alpha value is -3.10. The van der Waals surface area contributed by atoms with Crippen molar-refractivity contribution in [3.8, 4) is 0 Å². The van der Waals surface area contributed by atoms with Crippen LogP contribution in [0.1, 0.15) is 48.0 Å². The fourth-order valence-electron chi connectivity index (χ4n) is 3.38. The van der Waals surface area contributed by atoms with Gasteiger partial charge in [0.1, 0.15) is 26.4 Å². The lowest BCUT2D eigenvalue weighted by molar-refractivity contribution is -0.127. The number of Topliss-reactive ketones (excluding diaryl/α,β-unsaturated/α-hetero) is 2. The van der Waals surface area contributed by atoms with Gasteiger partial charge in [0, 0.05) is 39.0 Å². The number of nitrogens with one attached hydrogen (secondary N) is 4. The molecule has 0 aromatic carbocycles. The van der Waals surface area contributed by atoms with Gasteiger partial charge in [-0.3, -0.25) is 28.8 Å². The molecule has 0 bridgehead atoms. The maximum absolute atomic E-state index is 11.9. The Balaban J connectivity index is -0.0000115. The first-order chi connectivity index (χ1) is 23.7. The number of ether oxygens (including phenoxy) is 8. The van der Waals surface area contributed by atoms with Crippen LogP contribution in [0.5, 0.6) is 0 Å². The lowest BCUT2D eigenvalue weighted by Crippen LogP contribution is -2.31. The highest BCUT2D eigenvalue weighted by atomic mass is 16.5. The van der Waals surface area contributed by atoms with Gasteiger partial charge >= 0.3 is 0 Å². The smallest absolute Gasteiger partial charge is 0.246 e. The standard InChI is InChI=1S/C31H56N4O14.2CH4/c1-26(36)22-46-18-14-44-12-8-34-30(40)24-48-20-16-42-10-6-32-28(38)4-3-5-29(39)33-7-11-43-17-21-49-25-31(41)35-9-13-45-15-19-47-23-27(2)37;;/h3-25H2,1-2H3,(H,32,38)(H,33,39)(H,34,40)(H,35,41);2*1H4. The minimum Gasteiger partial charge on any atom is -0.377 e. The van der Waals surface area contributed by atoms with E-state index in [1.165, 1.54) is 13.8 Å². The van der Waals surface area contributed by atoms with Crippen molar-refractivity contribution in [1.82, 2.24) is 21.3 Å². The minimum absolute atomic E-state index is 0. The Morgan fingerprint density at radius 3 is 0.902 bits per heavy atom. The van der Waals surface area contributed by atoms with Gasteiger partial charge in [0.15, 0.2) is 11.6 Å². The molecule has 0 aliphatic carbocycles. The van der Waals surface area contributed by atoms with E-state index in [1.54, 1.807) is 0 Å². The van der Waals surface area contributed by atoms with Gasteiger partial charge in [-0.15, -0.1) is 0 Å². The largest absolute Gasteiger partial charge is 0.377 e. The van der Waals surface area contributed by atoms with Crippen molar-refractivity contribution in [1.29, 1.82) is 0 Å².